The van der Waals surface area contributed by atoms with Gasteiger partial charge in [-0.15, -0.1) is 11.8 Å². The number of aromatic nitrogens is 2. The van der Waals surface area contributed by atoms with E-state index >= 15 is 0 Å². The van der Waals surface area contributed by atoms with Crippen molar-refractivity contribution in [1.82, 2.24) is 9.97 Å². The predicted molar refractivity (Wildman–Crippen MR) is 72.5 cm³/mol. The molecule has 1 atom stereocenters. The van der Waals surface area contributed by atoms with Crippen LogP contribution in [0, 0.1) is 0 Å². The highest BCUT2D eigenvalue weighted by Gasteiger charge is 2.29. The van der Waals surface area contributed by atoms with Crippen LogP contribution in [-0.2, 0) is 9.84 Å². The summed E-state index contributed by atoms with van der Waals surface area (Å²) in [6.45, 7) is 0. The zero-order valence-corrected chi connectivity index (χ0v) is 11.2. The van der Waals surface area contributed by atoms with Crippen LogP contribution in [-0.4, -0.2) is 35.1 Å². The van der Waals surface area contributed by atoms with Crippen molar-refractivity contribution in [2.45, 2.75) is 16.7 Å². The number of thioether (sulfide) groups is 1. The van der Waals surface area contributed by atoms with Gasteiger partial charge < -0.3 is 0 Å². The van der Waals surface area contributed by atoms with Crippen LogP contribution in [0.15, 0.2) is 35.6 Å². The molecule has 1 saturated heterocycles. The van der Waals surface area contributed by atoms with Gasteiger partial charge in [0.15, 0.2) is 9.84 Å². The number of rotatable bonds is 2. The summed E-state index contributed by atoms with van der Waals surface area (Å²) < 4.78 is 22.9. The van der Waals surface area contributed by atoms with E-state index in [0.29, 0.717) is 12.2 Å². The molecule has 18 heavy (non-hydrogen) atoms. The zero-order chi connectivity index (χ0) is 12.6. The molecule has 0 radical (unpaired) electrons. The highest BCUT2D eigenvalue weighted by Crippen LogP contribution is 2.33. The molecule has 0 aliphatic carbocycles. The molecule has 6 heteroatoms. The monoisotopic (exact) mass is 280 g/mol. The number of sulfone groups is 1. The Labute approximate surface area is 110 Å². The van der Waals surface area contributed by atoms with Crippen LogP contribution in [0.1, 0.15) is 6.42 Å². The van der Waals surface area contributed by atoms with E-state index in [9.17, 15) is 8.42 Å². The fourth-order valence-corrected chi connectivity index (χ4v) is 5.63. The maximum absolute atomic E-state index is 11.4. The number of hydrogen-bond acceptors (Lipinski definition) is 5. The van der Waals surface area contributed by atoms with Crippen molar-refractivity contribution in [3.05, 3.63) is 30.6 Å². The molecule has 1 aromatic heterocycles. The average Bonchev–Trinajstić information content (AvgIpc) is 2.69. The van der Waals surface area contributed by atoms with E-state index in [0.717, 1.165) is 15.9 Å². The standard InChI is InChI=1S/C12H12N2O2S2/c15-18(16)6-5-9(7-18)17-12-10-3-1-2-4-11(10)13-8-14-12/h1-4,8-9H,5-7H2/t9-/m1/s1. The van der Waals surface area contributed by atoms with Gasteiger partial charge in [0.1, 0.15) is 11.4 Å². The van der Waals surface area contributed by atoms with Gasteiger partial charge in [0.2, 0.25) is 0 Å². The van der Waals surface area contributed by atoms with Crippen molar-refractivity contribution in [3.8, 4) is 0 Å². The smallest absolute Gasteiger partial charge is 0.151 e. The molecule has 0 N–H and O–H groups in total. The van der Waals surface area contributed by atoms with Crippen molar-refractivity contribution >= 4 is 32.5 Å². The fourth-order valence-electron chi connectivity index (χ4n) is 2.09. The molecule has 94 valence electrons. The molecule has 1 fully saturated rings. The lowest BCUT2D eigenvalue weighted by Gasteiger charge is -2.08. The number of para-hydroxylation sites is 1. The number of fused-ring (bicyclic) bond motifs is 1. The second-order valence-electron chi connectivity index (χ2n) is 4.34. The SMILES string of the molecule is O=S1(=O)CC[C@@H](Sc2ncnc3ccccc23)C1. The first kappa shape index (κ1) is 11.9. The third-order valence-corrected chi connectivity index (χ3v) is 6.24. The minimum atomic E-state index is -2.83. The van der Waals surface area contributed by atoms with Crippen molar-refractivity contribution in [3.63, 3.8) is 0 Å². The summed E-state index contributed by atoms with van der Waals surface area (Å²) in [6.07, 6.45) is 2.25. The third-order valence-electron chi connectivity index (χ3n) is 2.98. The van der Waals surface area contributed by atoms with E-state index in [2.05, 4.69) is 9.97 Å². The lowest BCUT2D eigenvalue weighted by molar-refractivity contribution is 0.602. The molecule has 0 saturated carbocycles. The average molecular weight is 280 g/mol. The highest BCUT2D eigenvalue weighted by atomic mass is 32.2. The molecule has 1 aliphatic rings. The number of nitrogens with zero attached hydrogens (tertiary/aromatic N) is 2. The van der Waals surface area contributed by atoms with Crippen LogP contribution >= 0.6 is 11.8 Å². The maximum Gasteiger partial charge on any atom is 0.151 e. The van der Waals surface area contributed by atoms with Gasteiger partial charge in [0, 0.05) is 10.6 Å². The molecule has 0 unspecified atom stereocenters. The first-order valence-electron chi connectivity index (χ1n) is 5.71. The molecule has 1 aromatic carbocycles. The Morgan fingerprint density at radius 3 is 2.83 bits per heavy atom. The Morgan fingerprint density at radius 2 is 2.06 bits per heavy atom. The van der Waals surface area contributed by atoms with Gasteiger partial charge in [0.05, 0.1) is 17.0 Å². The number of hydrogen-bond donors (Lipinski definition) is 0. The fraction of sp³-hybridized carbons (Fsp3) is 0.333. The van der Waals surface area contributed by atoms with Gasteiger partial charge >= 0.3 is 0 Å². The molecular formula is C12H12N2O2S2. The summed E-state index contributed by atoms with van der Waals surface area (Å²) >= 11 is 1.55. The summed E-state index contributed by atoms with van der Waals surface area (Å²) in [4.78, 5) is 8.48. The molecule has 2 aromatic rings. The molecule has 0 spiro atoms. The van der Waals surface area contributed by atoms with Gasteiger partial charge in [-0.2, -0.15) is 0 Å². The van der Waals surface area contributed by atoms with E-state index in [1.165, 1.54) is 6.33 Å². The Balaban J connectivity index is 1.92. The topological polar surface area (TPSA) is 59.9 Å². The summed E-state index contributed by atoms with van der Waals surface area (Å²) in [6, 6.07) is 7.79. The minimum absolute atomic E-state index is 0.119. The van der Waals surface area contributed by atoms with Crippen LogP contribution in [0.5, 0.6) is 0 Å². The second-order valence-corrected chi connectivity index (χ2v) is 7.86. The van der Waals surface area contributed by atoms with E-state index in [1.807, 2.05) is 24.3 Å². The first-order chi connectivity index (χ1) is 8.64. The molecule has 0 bridgehead atoms. The molecule has 0 amide bonds. The van der Waals surface area contributed by atoms with Crippen molar-refractivity contribution in [2.75, 3.05) is 11.5 Å². The molecule has 1 aliphatic heterocycles. The normalized spacial score (nSPS) is 22.3. The maximum atomic E-state index is 11.4. The Morgan fingerprint density at radius 1 is 1.22 bits per heavy atom. The van der Waals surface area contributed by atoms with Gasteiger partial charge in [-0.3, -0.25) is 0 Å². The predicted octanol–water partition coefficient (Wildman–Crippen LogP) is 1.91. The van der Waals surface area contributed by atoms with Crippen LogP contribution in [0.3, 0.4) is 0 Å². The quantitative estimate of drug-likeness (QED) is 0.786. The first-order valence-corrected chi connectivity index (χ1v) is 8.41. The summed E-state index contributed by atoms with van der Waals surface area (Å²) in [5, 5.41) is 1.99. The van der Waals surface area contributed by atoms with Gasteiger partial charge in [-0.25, -0.2) is 18.4 Å². The van der Waals surface area contributed by atoms with E-state index in [1.54, 1.807) is 11.8 Å². The number of benzene rings is 1. The van der Waals surface area contributed by atoms with E-state index < -0.39 is 9.84 Å². The van der Waals surface area contributed by atoms with Crippen LogP contribution in [0.2, 0.25) is 0 Å². The van der Waals surface area contributed by atoms with Gasteiger partial charge in [0.25, 0.3) is 0 Å². The largest absolute Gasteiger partial charge is 0.236 e. The van der Waals surface area contributed by atoms with E-state index in [-0.39, 0.29) is 11.0 Å². The lowest BCUT2D eigenvalue weighted by atomic mass is 10.2. The van der Waals surface area contributed by atoms with Gasteiger partial charge in [-0.05, 0) is 12.5 Å². The summed E-state index contributed by atoms with van der Waals surface area (Å²) in [5.74, 6) is 0.559. The Bertz CT molecular complexity index is 680. The molecule has 4 nitrogen and oxygen atoms in total. The molecule has 2 heterocycles. The Kier molecular flexibility index (Phi) is 2.99. The second kappa shape index (κ2) is 4.51. The molecule has 3 rings (SSSR count). The van der Waals surface area contributed by atoms with Gasteiger partial charge in [-0.1, -0.05) is 18.2 Å². The highest BCUT2D eigenvalue weighted by molar-refractivity contribution is 8.02. The van der Waals surface area contributed by atoms with E-state index in [4.69, 9.17) is 0 Å². The zero-order valence-electron chi connectivity index (χ0n) is 9.61. The van der Waals surface area contributed by atoms with Crippen LogP contribution in [0.25, 0.3) is 10.9 Å². The van der Waals surface area contributed by atoms with Crippen molar-refractivity contribution in [2.24, 2.45) is 0 Å². The summed E-state index contributed by atoms with van der Waals surface area (Å²) in [7, 11) is -2.83. The molecular weight excluding hydrogens is 268 g/mol. The summed E-state index contributed by atoms with van der Waals surface area (Å²) in [5.41, 5.74) is 0.899. The van der Waals surface area contributed by atoms with Crippen LogP contribution in [0.4, 0.5) is 0 Å². The van der Waals surface area contributed by atoms with Crippen molar-refractivity contribution < 1.29 is 8.42 Å². The van der Waals surface area contributed by atoms with Crippen LogP contribution < -0.4 is 0 Å². The van der Waals surface area contributed by atoms with Crippen molar-refractivity contribution in [1.29, 1.82) is 0 Å². The Hall–Kier alpha value is -1.14. The minimum Gasteiger partial charge on any atom is -0.236 e. The lowest BCUT2D eigenvalue weighted by Crippen LogP contribution is -2.06. The third kappa shape index (κ3) is 2.35.